The van der Waals surface area contributed by atoms with E-state index in [1.54, 1.807) is 12.1 Å². The molecule has 0 amide bonds. The van der Waals surface area contributed by atoms with E-state index in [9.17, 15) is 4.57 Å². The molecule has 0 aromatic heterocycles. The van der Waals surface area contributed by atoms with Crippen LogP contribution < -0.4 is 14.1 Å². The third-order valence-corrected chi connectivity index (χ3v) is 6.24. The first-order chi connectivity index (χ1) is 13.3. The van der Waals surface area contributed by atoms with Gasteiger partial charge < -0.3 is 9.05 Å². The molecule has 1 N–H and O–H groups in total. The second-order valence-corrected chi connectivity index (χ2v) is 8.64. The molecule has 0 aliphatic rings. The first-order valence-corrected chi connectivity index (χ1v) is 10.8. The molecular formula is C23H26NO3P. The summed E-state index contributed by atoms with van der Waals surface area (Å²) >= 11 is 0. The van der Waals surface area contributed by atoms with E-state index in [0.717, 1.165) is 27.8 Å². The van der Waals surface area contributed by atoms with Crippen molar-refractivity contribution < 1.29 is 13.6 Å². The van der Waals surface area contributed by atoms with Gasteiger partial charge in [-0.05, 0) is 86.7 Å². The van der Waals surface area contributed by atoms with Gasteiger partial charge in [0.2, 0.25) is 0 Å². The molecule has 3 rings (SSSR count). The Hall–Kier alpha value is -2.71. The van der Waals surface area contributed by atoms with Crippen molar-refractivity contribution in [3.63, 3.8) is 0 Å². The fourth-order valence-electron chi connectivity index (χ4n) is 2.84. The van der Waals surface area contributed by atoms with Crippen LogP contribution in [0.1, 0.15) is 27.8 Å². The highest BCUT2D eigenvalue weighted by Crippen LogP contribution is 2.50. The van der Waals surface area contributed by atoms with Crippen molar-refractivity contribution in [3.8, 4) is 11.5 Å². The Kier molecular flexibility index (Phi) is 5.81. The van der Waals surface area contributed by atoms with Crippen LogP contribution in [0, 0.1) is 34.6 Å². The van der Waals surface area contributed by atoms with Gasteiger partial charge in [0, 0.05) is 5.69 Å². The fourth-order valence-corrected chi connectivity index (χ4v) is 4.34. The lowest BCUT2D eigenvalue weighted by Crippen LogP contribution is -2.11. The Morgan fingerprint density at radius 3 is 1.71 bits per heavy atom. The summed E-state index contributed by atoms with van der Waals surface area (Å²) in [4.78, 5) is 0. The quantitative estimate of drug-likeness (QED) is 0.461. The normalized spacial score (nSPS) is 11.2. The molecule has 0 spiro atoms. The van der Waals surface area contributed by atoms with Crippen molar-refractivity contribution in [1.29, 1.82) is 0 Å². The van der Waals surface area contributed by atoms with Crippen LogP contribution in [0.4, 0.5) is 5.69 Å². The van der Waals surface area contributed by atoms with E-state index in [2.05, 4.69) is 5.09 Å². The molecule has 146 valence electrons. The molecule has 0 unspecified atom stereocenters. The number of anilines is 1. The first kappa shape index (κ1) is 20.0. The largest absolute Gasteiger partial charge is 0.541 e. The summed E-state index contributed by atoms with van der Waals surface area (Å²) in [5.74, 6) is 1.07. The van der Waals surface area contributed by atoms with Gasteiger partial charge in [-0.1, -0.05) is 36.4 Å². The van der Waals surface area contributed by atoms with Gasteiger partial charge in [-0.25, -0.2) is 4.57 Å². The van der Waals surface area contributed by atoms with Crippen LogP contribution >= 0.6 is 7.75 Å². The molecule has 0 bridgehead atoms. The van der Waals surface area contributed by atoms with Crippen LogP contribution in [0.3, 0.4) is 0 Å². The average molecular weight is 395 g/mol. The van der Waals surface area contributed by atoms with Gasteiger partial charge in [-0.15, -0.1) is 0 Å². The number of benzene rings is 3. The summed E-state index contributed by atoms with van der Waals surface area (Å²) in [6.07, 6.45) is 0. The zero-order chi connectivity index (χ0) is 20.3. The van der Waals surface area contributed by atoms with Crippen molar-refractivity contribution >= 4 is 13.4 Å². The fraction of sp³-hybridized carbons (Fsp3) is 0.217. The lowest BCUT2D eigenvalue weighted by molar-refractivity contribution is 0.390. The van der Waals surface area contributed by atoms with Crippen LogP contribution in [-0.2, 0) is 4.57 Å². The molecule has 0 aliphatic carbocycles. The minimum Gasteiger partial charge on any atom is -0.400 e. The molecule has 3 aromatic carbocycles. The Balaban J connectivity index is 2.00. The van der Waals surface area contributed by atoms with E-state index >= 15 is 0 Å². The number of nitrogens with one attached hydrogen (secondary N) is 1. The monoisotopic (exact) mass is 395 g/mol. The summed E-state index contributed by atoms with van der Waals surface area (Å²) in [5, 5.41) is 3.00. The van der Waals surface area contributed by atoms with Crippen molar-refractivity contribution in [1.82, 2.24) is 0 Å². The SMILES string of the molecule is Cc1cccc(NP(=O)(Oc2cccc(C)c2C)Oc2cccc(C)c2C)c1. The Labute approximate surface area is 167 Å². The molecular weight excluding hydrogens is 369 g/mol. The van der Waals surface area contributed by atoms with Crippen molar-refractivity contribution in [2.24, 2.45) is 0 Å². The Morgan fingerprint density at radius 1 is 0.714 bits per heavy atom. The van der Waals surface area contributed by atoms with Gasteiger partial charge in [-0.2, -0.15) is 0 Å². The van der Waals surface area contributed by atoms with E-state index in [0.29, 0.717) is 17.2 Å². The molecule has 5 heteroatoms. The van der Waals surface area contributed by atoms with Gasteiger partial charge in [0.25, 0.3) is 0 Å². The molecule has 0 radical (unpaired) electrons. The van der Waals surface area contributed by atoms with Gasteiger partial charge in [-0.3, -0.25) is 5.09 Å². The maximum absolute atomic E-state index is 13.8. The van der Waals surface area contributed by atoms with Crippen molar-refractivity contribution in [2.45, 2.75) is 34.6 Å². The number of rotatable bonds is 6. The summed E-state index contributed by atoms with van der Waals surface area (Å²) in [7, 11) is -3.75. The highest BCUT2D eigenvalue weighted by Gasteiger charge is 2.30. The standard InChI is InChI=1S/C23H26NO3P/c1-16-9-6-12-21(15-16)24-28(25,26-22-13-7-10-17(2)19(22)4)27-23-14-8-11-18(3)20(23)5/h6-15H,1-5H3,(H,24,25). The predicted octanol–water partition coefficient (Wildman–Crippen LogP) is 6.91. The van der Waals surface area contributed by atoms with Gasteiger partial charge >= 0.3 is 7.75 Å². The molecule has 0 heterocycles. The lowest BCUT2D eigenvalue weighted by atomic mass is 10.1. The highest BCUT2D eigenvalue weighted by molar-refractivity contribution is 7.56. The maximum atomic E-state index is 13.8. The second kappa shape index (κ2) is 8.12. The summed E-state index contributed by atoms with van der Waals surface area (Å²) in [5.41, 5.74) is 5.71. The minimum atomic E-state index is -3.75. The summed E-state index contributed by atoms with van der Waals surface area (Å²) in [6, 6.07) is 19.0. The van der Waals surface area contributed by atoms with Gasteiger partial charge in [0.15, 0.2) is 0 Å². The third-order valence-electron chi connectivity index (χ3n) is 4.83. The number of hydrogen-bond donors (Lipinski definition) is 1. The van der Waals surface area contributed by atoms with Gasteiger partial charge in [0.1, 0.15) is 11.5 Å². The topological polar surface area (TPSA) is 47.6 Å². The zero-order valence-corrected chi connectivity index (χ0v) is 17.8. The average Bonchev–Trinajstić information content (AvgIpc) is 2.63. The molecule has 0 atom stereocenters. The number of aryl methyl sites for hydroxylation is 3. The highest BCUT2D eigenvalue weighted by atomic mass is 31.2. The smallest absolute Gasteiger partial charge is 0.400 e. The molecule has 0 aliphatic heterocycles. The van der Waals surface area contributed by atoms with E-state index in [1.165, 1.54) is 0 Å². The number of hydrogen-bond acceptors (Lipinski definition) is 3. The Morgan fingerprint density at radius 2 is 1.21 bits per heavy atom. The molecule has 28 heavy (non-hydrogen) atoms. The van der Waals surface area contributed by atoms with E-state index in [1.807, 2.05) is 83.1 Å². The van der Waals surface area contributed by atoms with Crippen LogP contribution in [0.25, 0.3) is 0 Å². The van der Waals surface area contributed by atoms with Crippen LogP contribution in [0.15, 0.2) is 60.7 Å². The van der Waals surface area contributed by atoms with Crippen molar-refractivity contribution in [2.75, 3.05) is 5.09 Å². The molecule has 0 fully saturated rings. The third kappa shape index (κ3) is 4.58. The molecule has 4 nitrogen and oxygen atoms in total. The molecule has 3 aromatic rings. The molecule has 0 saturated heterocycles. The second-order valence-electron chi connectivity index (χ2n) is 7.06. The zero-order valence-electron chi connectivity index (χ0n) is 16.9. The van der Waals surface area contributed by atoms with E-state index in [4.69, 9.17) is 9.05 Å². The maximum Gasteiger partial charge on any atom is 0.541 e. The van der Waals surface area contributed by atoms with Crippen molar-refractivity contribution in [3.05, 3.63) is 88.5 Å². The molecule has 0 saturated carbocycles. The van der Waals surface area contributed by atoms with Crippen LogP contribution in [-0.4, -0.2) is 0 Å². The van der Waals surface area contributed by atoms with E-state index < -0.39 is 7.75 Å². The lowest BCUT2D eigenvalue weighted by Gasteiger charge is -2.23. The minimum absolute atomic E-state index is 0.536. The summed E-state index contributed by atoms with van der Waals surface area (Å²) in [6.45, 7) is 9.85. The van der Waals surface area contributed by atoms with Crippen LogP contribution in [0.5, 0.6) is 11.5 Å². The summed E-state index contributed by atoms with van der Waals surface area (Å²) < 4.78 is 25.8. The van der Waals surface area contributed by atoms with Crippen LogP contribution in [0.2, 0.25) is 0 Å². The van der Waals surface area contributed by atoms with Gasteiger partial charge in [0.05, 0.1) is 0 Å². The van der Waals surface area contributed by atoms with E-state index in [-0.39, 0.29) is 0 Å². The Bertz CT molecular complexity index is 988. The predicted molar refractivity (Wildman–Crippen MR) is 115 cm³/mol. The first-order valence-electron chi connectivity index (χ1n) is 9.24.